The zero-order valence-electron chi connectivity index (χ0n) is 12.9. The highest BCUT2D eigenvalue weighted by molar-refractivity contribution is 6.31. The molecule has 116 valence electrons. The standard InChI is InChI=1S/C17H20ClN3O/c1-19-15(16(18)17(22)20(19)2)12-21-10-8-14(9-11-21)13-6-4-3-5-7-13/h3-8H,9-12H2,1-2H3. The third-order valence-electron chi connectivity index (χ3n) is 4.39. The Labute approximate surface area is 135 Å². The van der Waals surface area contributed by atoms with Gasteiger partial charge in [-0.2, -0.15) is 0 Å². The summed E-state index contributed by atoms with van der Waals surface area (Å²) in [6.45, 7) is 2.55. The van der Waals surface area contributed by atoms with Crippen LogP contribution in [0.4, 0.5) is 0 Å². The van der Waals surface area contributed by atoms with Crippen LogP contribution in [0, 0.1) is 0 Å². The lowest BCUT2D eigenvalue weighted by Crippen LogP contribution is -2.29. The van der Waals surface area contributed by atoms with E-state index in [0.717, 1.165) is 25.2 Å². The Hall–Kier alpha value is -1.78. The van der Waals surface area contributed by atoms with Gasteiger partial charge in [0.15, 0.2) is 0 Å². The second-order valence-corrected chi connectivity index (χ2v) is 6.07. The van der Waals surface area contributed by atoms with Gasteiger partial charge in [-0.15, -0.1) is 0 Å². The van der Waals surface area contributed by atoms with Gasteiger partial charge in [-0.25, -0.2) is 0 Å². The Morgan fingerprint density at radius 1 is 1.14 bits per heavy atom. The molecule has 1 aromatic heterocycles. The van der Waals surface area contributed by atoms with E-state index in [1.54, 1.807) is 11.7 Å². The first-order valence-corrected chi connectivity index (χ1v) is 7.83. The Kier molecular flexibility index (Phi) is 4.23. The van der Waals surface area contributed by atoms with Crippen LogP contribution in [0.5, 0.6) is 0 Å². The summed E-state index contributed by atoms with van der Waals surface area (Å²) in [6.07, 6.45) is 3.29. The molecule has 0 saturated heterocycles. The molecule has 0 saturated carbocycles. The lowest BCUT2D eigenvalue weighted by Gasteiger charge is -2.26. The molecule has 0 spiro atoms. The van der Waals surface area contributed by atoms with E-state index < -0.39 is 0 Å². The summed E-state index contributed by atoms with van der Waals surface area (Å²) in [7, 11) is 3.61. The van der Waals surface area contributed by atoms with Gasteiger partial charge in [-0.05, 0) is 17.6 Å². The third kappa shape index (κ3) is 2.76. The van der Waals surface area contributed by atoms with E-state index >= 15 is 0 Å². The van der Waals surface area contributed by atoms with Gasteiger partial charge in [-0.1, -0.05) is 48.0 Å². The first-order valence-electron chi connectivity index (χ1n) is 7.45. The molecular formula is C17H20ClN3O. The highest BCUT2D eigenvalue weighted by Gasteiger charge is 2.19. The number of benzene rings is 1. The number of hydrogen-bond acceptors (Lipinski definition) is 2. The molecule has 0 unspecified atom stereocenters. The fourth-order valence-corrected chi connectivity index (χ4v) is 3.18. The van der Waals surface area contributed by atoms with Crippen LogP contribution in [0.3, 0.4) is 0 Å². The minimum absolute atomic E-state index is 0.128. The molecule has 0 amide bonds. The minimum Gasteiger partial charge on any atom is -0.293 e. The fourth-order valence-electron chi connectivity index (χ4n) is 2.88. The van der Waals surface area contributed by atoms with Gasteiger partial charge in [0.2, 0.25) is 0 Å². The third-order valence-corrected chi connectivity index (χ3v) is 4.77. The van der Waals surface area contributed by atoms with E-state index in [4.69, 9.17) is 11.6 Å². The van der Waals surface area contributed by atoms with Crippen LogP contribution in [0.15, 0.2) is 41.2 Å². The van der Waals surface area contributed by atoms with Crippen molar-refractivity contribution in [1.29, 1.82) is 0 Å². The second kappa shape index (κ2) is 6.15. The molecule has 2 aromatic rings. The van der Waals surface area contributed by atoms with E-state index in [9.17, 15) is 4.79 Å². The van der Waals surface area contributed by atoms with Crippen LogP contribution in [0.25, 0.3) is 5.57 Å². The quantitative estimate of drug-likeness (QED) is 0.871. The van der Waals surface area contributed by atoms with Gasteiger partial charge in [-0.3, -0.25) is 19.1 Å². The van der Waals surface area contributed by atoms with Crippen molar-refractivity contribution in [2.24, 2.45) is 14.1 Å². The van der Waals surface area contributed by atoms with Crippen molar-refractivity contribution in [3.8, 4) is 0 Å². The monoisotopic (exact) mass is 317 g/mol. The number of hydrogen-bond donors (Lipinski definition) is 0. The topological polar surface area (TPSA) is 30.2 Å². The first kappa shape index (κ1) is 15.1. The van der Waals surface area contributed by atoms with Crippen molar-refractivity contribution >= 4 is 17.2 Å². The molecule has 1 aliphatic rings. The number of halogens is 1. The van der Waals surface area contributed by atoms with E-state index in [0.29, 0.717) is 11.6 Å². The lowest BCUT2D eigenvalue weighted by molar-refractivity contribution is 0.283. The zero-order valence-corrected chi connectivity index (χ0v) is 13.7. The zero-order chi connectivity index (χ0) is 15.7. The maximum absolute atomic E-state index is 11.9. The Bertz CT molecular complexity index is 758. The molecule has 0 N–H and O–H groups in total. The maximum Gasteiger partial charge on any atom is 0.285 e. The van der Waals surface area contributed by atoms with Crippen molar-refractivity contribution < 1.29 is 0 Å². The molecule has 0 radical (unpaired) electrons. The van der Waals surface area contributed by atoms with Crippen LogP contribution in [-0.4, -0.2) is 27.4 Å². The number of rotatable bonds is 3. The summed E-state index contributed by atoms with van der Waals surface area (Å²) < 4.78 is 3.38. The normalized spacial score (nSPS) is 15.9. The summed E-state index contributed by atoms with van der Waals surface area (Å²) in [4.78, 5) is 14.2. The highest BCUT2D eigenvalue weighted by Crippen LogP contribution is 2.23. The lowest BCUT2D eigenvalue weighted by atomic mass is 9.99. The minimum atomic E-state index is -0.128. The summed E-state index contributed by atoms with van der Waals surface area (Å²) >= 11 is 6.17. The van der Waals surface area contributed by atoms with Gasteiger partial charge in [0.25, 0.3) is 5.56 Å². The van der Waals surface area contributed by atoms with E-state index in [-0.39, 0.29) is 5.56 Å². The van der Waals surface area contributed by atoms with Gasteiger partial charge in [0.1, 0.15) is 5.02 Å². The van der Waals surface area contributed by atoms with Crippen molar-refractivity contribution in [2.75, 3.05) is 13.1 Å². The average Bonchev–Trinajstić information content (AvgIpc) is 2.74. The molecule has 1 aliphatic heterocycles. The van der Waals surface area contributed by atoms with Crippen LogP contribution in [-0.2, 0) is 20.6 Å². The molecule has 0 atom stereocenters. The predicted molar refractivity (Wildman–Crippen MR) is 90.0 cm³/mol. The SMILES string of the molecule is Cn1c(CN2CC=C(c3ccccc3)CC2)c(Cl)c(=O)n1C. The molecule has 1 aromatic carbocycles. The molecule has 22 heavy (non-hydrogen) atoms. The summed E-state index contributed by atoms with van der Waals surface area (Å²) in [6, 6.07) is 10.5. The Morgan fingerprint density at radius 3 is 2.41 bits per heavy atom. The molecular weight excluding hydrogens is 298 g/mol. The van der Waals surface area contributed by atoms with Crippen LogP contribution >= 0.6 is 11.6 Å². The molecule has 0 fully saturated rings. The smallest absolute Gasteiger partial charge is 0.285 e. The first-order chi connectivity index (χ1) is 10.6. The van der Waals surface area contributed by atoms with Crippen molar-refractivity contribution in [3.05, 3.63) is 63.0 Å². The van der Waals surface area contributed by atoms with Crippen LogP contribution in [0.1, 0.15) is 17.7 Å². The predicted octanol–water partition coefficient (Wildman–Crippen LogP) is 2.67. The van der Waals surface area contributed by atoms with E-state index in [2.05, 4.69) is 35.2 Å². The fraction of sp³-hybridized carbons (Fsp3) is 0.353. The average molecular weight is 318 g/mol. The Morgan fingerprint density at radius 2 is 1.86 bits per heavy atom. The number of nitrogens with zero attached hydrogens (tertiary/aromatic N) is 3. The largest absolute Gasteiger partial charge is 0.293 e. The summed E-state index contributed by atoms with van der Waals surface area (Å²) in [5, 5.41) is 0.336. The molecule has 0 aliphatic carbocycles. The van der Waals surface area contributed by atoms with Crippen LogP contribution < -0.4 is 5.56 Å². The Balaban J connectivity index is 1.74. The molecule has 2 heterocycles. The highest BCUT2D eigenvalue weighted by atomic mass is 35.5. The van der Waals surface area contributed by atoms with E-state index in [1.165, 1.54) is 11.1 Å². The van der Waals surface area contributed by atoms with Crippen LogP contribution in [0.2, 0.25) is 5.02 Å². The van der Waals surface area contributed by atoms with Gasteiger partial charge in [0, 0.05) is 33.7 Å². The number of aromatic nitrogens is 2. The molecule has 0 bridgehead atoms. The van der Waals surface area contributed by atoms with Crippen molar-refractivity contribution in [2.45, 2.75) is 13.0 Å². The van der Waals surface area contributed by atoms with Gasteiger partial charge in [0.05, 0.1) is 5.69 Å². The van der Waals surface area contributed by atoms with Crippen molar-refractivity contribution in [1.82, 2.24) is 14.3 Å². The van der Waals surface area contributed by atoms with Crippen molar-refractivity contribution in [3.63, 3.8) is 0 Å². The summed E-state index contributed by atoms with van der Waals surface area (Å²) in [5.41, 5.74) is 3.44. The molecule has 5 heteroatoms. The maximum atomic E-state index is 11.9. The molecule has 3 rings (SSSR count). The van der Waals surface area contributed by atoms with Gasteiger partial charge >= 0.3 is 0 Å². The van der Waals surface area contributed by atoms with Gasteiger partial charge < -0.3 is 0 Å². The van der Waals surface area contributed by atoms with E-state index in [1.807, 2.05) is 17.8 Å². The second-order valence-electron chi connectivity index (χ2n) is 5.69. The summed E-state index contributed by atoms with van der Waals surface area (Å²) in [5.74, 6) is 0. The molecule has 4 nitrogen and oxygen atoms in total.